The third-order valence-corrected chi connectivity index (χ3v) is 3.70. The Hall–Kier alpha value is -0.120. The van der Waals surface area contributed by atoms with Crippen LogP contribution in [-0.2, 0) is 0 Å². The lowest BCUT2D eigenvalue weighted by Gasteiger charge is -2.28. The molecule has 1 unspecified atom stereocenters. The molecule has 0 radical (unpaired) electrons. The van der Waals surface area contributed by atoms with Crippen molar-refractivity contribution in [3.8, 4) is 0 Å². The third kappa shape index (κ3) is 7.02. The van der Waals surface area contributed by atoms with Gasteiger partial charge >= 0.3 is 0 Å². The van der Waals surface area contributed by atoms with Crippen LogP contribution in [0.4, 0.5) is 0 Å². The Kier molecular flexibility index (Phi) is 7.82. The van der Waals surface area contributed by atoms with Crippen LogP contribution in [0.1, 0.15) is 39.0 Å². The van der Waals surface area contributed by atoms with E-state index < -0.39 is 0 Å². The highest BCUT2D eigenvalue weighted by atomic mass is 15.1. The lowest BCUT2D eigenvalue weighted by molar-refractivity contribution is 0.224. The van der Waals surface area contributed by atoms with Crippen molar-refractivity contribution < 1.29 is 0 Å². The summed E-state index contributed by atoms with van der Waals surface area (Å²) in [5.41, 5.74) is 0. The molecule has 1 heterocycles. The first kappa shape index (κ1) is 14.9. The quantitative estimate of drug-likeness (QED) is 0.715. The maximum absolute atomic E-state index is 3.64. The molecule has 0 spiro atoms. The highest BCUT2D eigenvalue weighted by molar-refractivity contribution is 4.72. The maximum atomic E-state index is 3.64. The van der Waals surface area contributed by atoms with Gasteiger partial charge in [-0.3, -0.25) is 0 Å². The van der Waals surface area contributed by atoms with Gasteiger partial charge in [-0.25, -0.2) is 0 Å². The van der Waals surface area contributed by atoms with Gasteiger partial charge in [-0.05, 0) is 78.9 Å². The first-order valence-corrected chi connectivity index (χ1v) is 7.33. The molecular formula is C14H31N3. The van der Waals surface area contributed by atoms with Crippen molar-refractivity contribution in [2.24, 2.45) is 0 Å². The summed E-state index contributed by atoms with van der Waals surface area (Å²) in [6.45, 7) is 8.59. The van der Waals surface area contributed by atoms with Gasteiger partial charge in [-0.2, -0.15) is 0 Å². The second kappa shape index (κ2) is 8.90. The van der Waals surface area contributed by atoms with Crippen LogP contribution >= 0.6 is 0 Å². The molecule has 1 saturated heterocycles. The van der Waals surface area contributed by atoms with Crippen molar-refractivity contribution in [2.45, 2.75) is 45.1 Å². The second-order valence-electron chi connectivity index (χ2n) is 5.55. The SMILES string of the molecule is CCC1CCN(CCCCN(C)C)CCCN1. The Morgan fingerprint density at radius 1 is 1.24 bits per heavy atom. The molecule has 1 aliphatic rings. The van der Waals surface area contributed by atoms with Gasteiger partial charge in [0.15, 0.2) is 0 Å². The molecule has 0 bridgehead atoms. The van der Waals surface area contributed by atoms with Crippen LogP contribution in [0.3, 0.4) is 0 Å². The summed E-state index contributed by atoms with van der Waals surface area (Å²) in [7, 11) is 4.32. The number of nitrogens with one attached hydrogen (secondary N) is 1. The lowest BCUT2D eigenvalue weighted by atomic mass is 10.1. The molecule has 3 nitrogen and oxygen atoms in total. The molecule has 0 aliphatic carbocycles. The van der Waals surface area contributed by atoms with Crippen LogP contribution in [0.2, 0.25) is 0 Å². The molecule has 102 valence electrons. The minimum Gasteiger partial charge on any atom is -0.314 e. The second-order valence-corrected chi connectivity index (χ2v) is 5.55. The van der Waals surface area contributed by atoms with Gasteiger partial charge < -0.3 is 15.1 Å². The first-order chi connectivity index (χ1) is 8.22. The van der Waals surface area contributed by atoms with Gasteiger partial charge in [0, 0.05) is 6.04 Å². The summed E-state index contributed by atoms with van der Waals surface area (Å²) < 4.78 is 0. The number of hydrogen-bond donors (Lipinski definition) is 1. The van der Waals surface area contributed by atoms with Crippen molar-refractivity contribution in [1.82, 2.24) is 15.1 Å². The molecule has 0 aromatic carbocycles. The smallest absolute Gasteiger partial charge is 0.00766 e. The molecule has 0 aromatic heterocycles. The third-order valence-electron chi connectivity index (χ3n) is 3.70. The Labute approximate surface area is 108 Å². The van der Waals surface area contributed by atoms with E-state index in [2.05, 4.69) is 36.1 Å². The fraction of sp³-hybridized carbons (Fsp3) is 1.00. The summed E-state index contributed by atoms with van der Waals surface area (Å²) in [6.07, 6.45) is 6.59. The van der Waals surface area contributed by atoms with Crippen LogP contribution in [0.15, 0.2) is 0 Å². The Morgan fingerprint density at radius 3 is 2.76 bits per heavy atom. The fourth-order valence-electron chi connectivity index (χ4n) is 2.50. The predicted molar refractivity (Wildman–Crippen MR) is 75.5 cm³/mol. The largest absolute Gasteiger partial charge is 0.314 e. The molecule has 0 saturated carbocycles. The molecule has 1 N–H and O–H groups in total. The van der Waals surface area contributed by atoms with Gasteiger partial charge in [0.05, 0.1) is 0 Å². The van der Waals surface area contributed by atoms with Crippen molar-refractivity contribution in [3.05, 3.63) is 0 Å². The molecule has 1 atom stereocenters. The van der Waals surface area contributed by atoms with E-state index in [4.69, 9.17) is 0 Å². The summed E-state index contributed by atoms with van der Waals surface area (Å²) in [5.74, 6) is 0. The van der Waals surface area contributed by atoms with E-state index in [9.17, 15) is 0 Å². The van der Waals surface area contributed by atoms with E-state index in [1.165, 1.54) is 64.8 Å². The van der Waals surface area contributed by atoms with Gasteiger partial charge in [0.1, 0.15) is 0 Å². The molecular weight excluding hydrogens is 210 g/mol. The molecule has 17 heavy (non-hydrogen) atoms. The van der Waals surface area contributed by atoms with Crippen molar-refractivity contribution in [2.75, 3.05) is 46.8 Å². The topological polar surface area (TPSA) is 18.5 Å². The van der Waals surface area contributed by atoms with E-state index in [0.717, 1.165) is 6.04 Å². The molecule has 3 heteroatoms. The monoisotopic (exact) mass is 241 g/mol. The van der Waals surface area contributed by atoms with Crippen LogP contribution in [0.5, 0.6) is 0 Å². The molecule has 0 amide bonds. The minimum absolute atomic E-state index is 0.750. The Balaban J connectivity index is 2.13. The van der Waals surface area contributed by atoms with Gasteiger partial charge in [-0.15, -0.1) is 0 Å². The van der Waals surface area contributed by atoms with Crippen molar-refractivity contribution >= 4 is 0 Å². The van der Waals surface area contributed by atoms with Crippen molar-refractivity contribution in [3.63, 3.8) is 0 Å². The summed E-state index contributed by atoms with van der Waals surface area (Å²) in [5, 5.41) is 3.64. The van der Waals surface area contributed by atoms with Gasteiger partial charge in [0.2, 0.25) is 0 Å². The van der Waals surface area contributed by atoms with Crippen LogP contribution in [0.25, 0.3) is 0 Å². The predicted octanol–water partition coefficient (Wildman–Crippen LogP) is 1.79. The normalized spacial score (nSPS) is 23.6. The summed E-state index contributed by atoms with van der Waals surface area (Å²) in [4.78, 5) is 4.95. The van der Waals surface area contributed by atoms with Crippen LogP contribution in [0, 0.1) is 0 Å². The van der Waals surface area contributed by atoms with E-state index in [-0.39, 0.29) is 0 Å². The summed E-state index contributed by atoms with van der Waals surface area (Å²) >= 11 is 0. The fourth-order valence-corrected chi connectivity index (χ4v) is 2.50. The van der Waals surface area contributed by atoms with E-state index in [1.807, 2.05) is 0 Å². The van der Waals surface area contributed by atoms with Gasteiger partial charge in [0.25, 0.3) is 0 Å². The van der Waals surface area contributed by atoms with Crippen LogP contribution in [-0.4, -0.2) is 62.7 Å². The van der Waals surface area contributed by atoms with Crippen molar-refractivity contribution in [1.29, 1.82) is 0 Å². The zero-order valence-electron chi connectivity index (χ0n) is 12.0. The lowest BCUT2D eigenvalue weighted by Crippen LogP contribution is -2.40. The van der Waals surface area contributed by atoms with Gasteiger partial charge in [-0.1, -0.05) is 6.92 Å². The molecule has 0 aromatic rings. The first-order valence-electron chi connectivity index (χ1n) is 7.33. The Morgan fingerprint density at radius 2 is 2.06 bits per heavy atom. The zero-order valence-corrected chi connectivity index (χ0v) is 12.0. The van der Waals surface area contributed by atoms with E-state index >= 15 is 0 Å². The zero-order chi connectivity index (χ0) is 12.5. The molecule has 1 fully saturated rings. The molecule has 1 rings (SSSR count). The van der Waals surface area contributed by atoms with Crippen LogP contribution < -0.4 is 5.32 Å². The number of rotatable bonds is 6. The van der Waals surface area contributed by atoms with E-state index in [1.54, 1.807) is 0 Å². The molecule has 1 aliphatic heterocycles. The standard InChI is InChI=1S/C14H31N3/c1-4-14-8-13-17(12-7-9-15-14)11-6-5-10-16(2)3/h14-15H,4-13H2,1-3H3. The minimum atomic E-state index is 0.750. The number of nitrogens with zero attached hydrogens (tertiary/aromatic N) is 2. The highest BCUT2D eigenvalue weighted by Crippen LogP contribution is 2.06. The Bertz CT molecular complexity index is 182. The van der Waals surface area contributed by atoms with E-state index in [0.29, 0.717) is 0 Å². The average molecular weight is 241 g/mol. The summed E-state index contributed by atoms with van der Waals surface area (Å²) in [6, 6.07) is 0.750. The average Bonchev–Trinajstić information content (AvgIpc) is 2.27. The highest BCUT2D eigenvalue weighted by Gasteiger charge is 2.12. The number of hydrogen-bond acceptors (Lipinski definition) is 3. The number of unbranched alkanes of at least 4 members (excludes halogenated alkanes) is 1. The maximum Gasteiger partial charge on any atom is 0.00766 e.